The number of pyridine rings is 1. The van der Waals surface area contributed by atoms with Crippen LogP contribution in [0.25, 0.3) is 0 Å². The quantitative estimate of drug-likeness (QED) is 0.752. The third kappa shape index (κ3) is 6.01. The van der Waals surface area contributed by atoms with Crippen molar-refractivity contribution in [2.24, 2.45) is 0 Å². The summed E-state index contributed by atoms with van der Waals surface area (Å²) in [5.41, 5.74) is 4.72. The first kappa shape index (κ1) is 20.8. The summed E-state index contributed by atoms with van der Waals surface area (Å²) in [6, 6.07) is 11.8. The molecular formula is C22H27N5O2. The zero-order valence-electron chi connectivity index (χ0n) is 17.0. The second-order valence-corrected chi connectivity index (χ2v) is 7.19. The van der Waals surface area contributed by atoms with Crippen LogP contribution in [0.3, 0.4) is 0 Å². The summed E-state index contributed by atoms with van der Waals surface area (Å²) in [4.78, 5) is 18.9. The molecule has 1 aliphatic heterocycles. The molecule has 0 atom stereocenters. The highest BCUT2D eigenvalue weighted by molar-refractivity contribution is 5.90. The molecule has 2 N–H and O–H groups in total. The molecule has 1 aromatic heterocycles. The SMILES string of the molecule is Cc1cc(NCc2cccc(NC(=O)CCN3CCOCC3)c2)c(C#N)c(C)n1. The average Bonchev–Trinajstić information content (AvgIpc) is 2.71. The Morgan fingerprint density at radius 1 is 1.28 bits per heavy atom. The van der Waals surface area contributed by atoms with Gasteiger partial charge in [-0.3, -0.25) is 14.7 Å². The van der Waals surface area contributed by atoms with E-state index in [0.29, 0.717) is 18.5 Å². The molecule has 1 fully saturated rings. The van der Waals surface area contributed by atoms with E-state index in [1.54, 1.807) is 0 Å². The summed E-state index contributed by atoms with van der Waals surface area (Å²) in [6.45, 7) is 8.28. The van der Waals surface area contributed by atoms with Crippen molar-refractivity contribution in [3.63, 3.8) is 0 Å². The van der Waals surface area contributed by atoms with E-state index < -0.39 is 0 Å². The largest absolute Gasteiger partial charge is 0.380 e. The zero-order valence-corrected chi connectivity index (χ0v) is 17.0. The molecule has 1 amide bonds. The maximum absolute atomic E-state index is 12.3. The first-order valence-corrected chi connectivity index (χ1v) is 9.86. The molecule has 1 aromatic carbocycles. The molecular weight excluding hydrogens is 366 g/mol. The van der Waals surface area contributed by atoms with Gasteiger partial charge in [0.25, 0.3) is 0 Å². The molecule has 0 spiro atoms. The number of hydrogen-bond donors (Lipinski definition) is 2. The van der Waals surface area contributed by atoms with Crippen molar-refractivity contribution < 1.29 is 9.53 Å². The zero-order chi connectivity index (χ0) is 20.6. The lowest BCUT2D eigenvalue weighted by molar-refractivity contribution is -0.116. The average molecular weight is 393 g/mol. The van der Waals surface area contributed by atoms with Crippen molar-refractivity contribution in [2.45, 2.75) is 26.8 Å². The number of aromatic nitrogens is 1. The Morgan fingerprint density at radius 3 is 2.83 bits per heavy atom. The van der Waals surface area contributed by atoms with E-state index in [1.807, 2.05) is 44.2 Å². The molecule has 0 aliphatic carbocycles. The topological polar surface area (TPSA) is 90.3 Å². The van der Waals surface area contributed by atoms with Crippen LogP contribution < -0.4 is 10.6 Å². The van der Waals surface area contributed by atoms with Gasteiger partial charge in [-0.05, 0) is 37.6 Å². The van der Waals surface area contributed by atoms with Crippen molar-refractivity contribution in [3.05, 3.63) is 52.8 Å². The molecule has 2 heterocycles. The summed E-state index contributed by atoms with van der Waals surface area (Å²) in [7, 11) is 0. The van der Waals surface area contributed by atoms with Crippen LogP contribution in [0.4, 0.5) is 11.4 Å². The van der Waals surface area contributed by atoms with Crippen LogP contribution >= 0.6 is 0 Å². The molecule has 0 bridgehead atoms. The maximum Gasteiger partial charge on any atom is 0.225 e. The minimum atomic E-state index is 0.00810. The van der Waals surface area contributed by atoms with E-state index in [4.69, 9.17) is 4.74 Å². The second kappa shape index (κ2) is 10.0. The van der Waals surface area contributed by atoms with E-state index in [0.717, 1.165) is 61.2 Å². The van der Waals surface area contributed by atoms with Crippen molar-refractivity contribution >= 4 is 17.3 Å². The monoisotopic (exact) mass is 393 g/mol. The number of carbonyl (C=O) groups is 1. The van der Waals surface area contributed by atoms with E-state index in [1.165, 1.54) is 0 Å². The highest BCUT2D eigenvalue weighted by atomic mass is 16.5. The lowest BCUT2D eigenvalue weighted by Crippen LogP contribution is -2.38. The van der Waals surface area contributed by atoms with Gasteiger partial charge in [0.05, 0.1) is 30.2 Å². The number of ether oxygens (including phenoxy) is 1. The fraction of sp³-hybridized carbons (Fsp3) is 0.409. The van der Waals surface area contributed by atoms with Gasteiger partial charge in [0.2, 0.25) is 5.91 Å². The van der Waals surface area contributed by atoms with Gasteiger partial charge in [-0.1, -0.05) is 12.1 Å². The van der Waals surface area contributed by atoms with Crippen LogP contribution in [0.15, 0.2) is 30.3 Å². The summed E-state index contributed by atoms with van der Waals surface area (Å²) in [5, 5.41) is 15.7. The lowest BCUT2D eigenvalue weighted by atomic mass is 10.1. The molecule has 7 nitrogen and oxygen atoms in total. The Bertz CT molecular complexity index is 901. The molecule has 152 valence electrons. The Balaban J connectivity index is 1.56. The lowest BCUT2D eigenvalue weighted by Gasteiger charge is -2.26. The predicted molar refractivity (Wildman–Crippen MR) is 113 cm³/mol. The van der Waals surface area contributed by atoms with E-state index in [-0.39, 0.29) is 5.91 Å². The Labute approximate surface area is 171 Å². The van der Waals surface area contributed by atoms with Gasteiger partial charge in [0.15, 0.2) is 0 Å². The predicted octanol–water partition coefficient (Wildman–Crippen LogP) is 2.84. The van der Waals surface area contributed by atoms with Crippen molar-refractivity contribution in [1.82, 2.24) is 9.88 Å². The summed E-state index contributed by atoms with van der Waals surface area (Å²) in [6.07, 6.45) is 0.462. The maximum atomic E-state index is 12.3. The molecule has 0 saturated carbocycles. The first-order valence-electron chi connectivity index (χ1n) is 9.86. The normalized spacial score (nSPS) is 14.2. The van der Waals surface area contributed by atoms with Crippen LogP contribution in [-0.2, 0) is 16.1 Å². The summed E-state index contributed by atoms with van der Waals surface area (Å²) < 4.78 is 5.33. The van der Waals surface area contributed by atoms with Crippen LogP contribution in [0.2, 0.25) is 0 Å². The van der Waals surface area contributed by atoms with Gasteiger partial charge in [0.1, 0.15) is 6.07 Å². The van der Waals surface area contributed by atoms with Gasteiger partial charge in [-0.2, -0.15) is 5.26 Å². The van der Waals surface area contributed by atoms with Gasteiger partial charge >= 0.3 is 0 Å². The smallest absolute Gasteiger partial charge is 0.225 e. The molecule has 2 aromatic rings. The number of anilines is 2. The Hall–Kier alpha value is -2.95. The van der Waals surface area contributed by atoms with Crippen molar-refractivity contribution in [2.75, 3.05) is 43.5 Å². The molecule has 29 heavy (non-hydrogen) atoms. The molecule has 3 rings (SSSR count). The third-order valence-corrected chi connectivity index (χ3v) is 4.89. The van der Waals surface area contributed by atoms with Gasteiger partial charge in [-0.25, -0.2) is 0 Å². The van der Waals surface area contributed by atoms with E-state index >= 15 is 0 Å². The second-order valence-electron chi connectivity index (χ2n) is 7.19. The van der Waals surface area contributed by atoms with Gasteiger partial charge < -0.3 is 15.4 Å². The van der Waals surface area contributed by atoms with Gasteiger partial charge in [0, 0.05) is 44.0 Å². The van der Waals surface area contributed by atoms with E-state index in [9.17, 15) is 10.1 Å². The number of carbonyl (C=O) groups excluding carboxylic acids is 1. The molecule has 7 heteroatoms. The summed E-state index contributed by atoms with van der Waals surface area (Å²) >= 11 is 0. The highest BCUT2D eigenvalue weighted by Gasteiger charge is 2.12. The number of nitriles is 1. The number of morpholine rings is 1. The number of nitrogens with zero attached hydrogens (tertiary/aromatic N) is 3. The van der Waals surface area contributed by atoms with Crippen LogP contribution in [0.5, 0.6) is 0 Å². The fourth-order valence-corrected chi connectivity index (χ4v) is 3.37. The van der Waals surface area contributed by atoms with Crippen LogP contribution in [-0.4, -0.2) is 48.6 Å². The molecule has 1 aliphatic rings. The standard InChI is InChI=1S/C22H27N5O2/c1-16-12-21(20(14-23)17(2)25-16)24-15-18-4-3-5-19(13-18)26-22(28)6-7-27-8-10-29-11-9-27/h3-5,12-13H,6-11,15H2,1-2H3,(H,24,25)(H,26,28). The summed E-state index contributed by atoms with van der Waals surface area (Å²) in [5.74, 6) is 0.00810. The Morgan fingerprint density at radius 2 is 2.07 bits per heavy atom. The van der Waals surface area contributed by atoms with Crippen molar-refractivity contribution in [1.29, 1.82) is 5.26 Å². The van der Waals surface area contributed by atoms with Crippen molar-refractivity contribution in [3.8, 4) is 6.07 Å². The highest BCUT2D eigenvalue weighted by Crippen LogP contribution is 2.20. The first-order chi connectivity index (χ1) is 14.0. The number of rotatable bonds is 7. The fourth-order valence-electron chi connectivity index (χ4n) is 3.37. The Kier molecular flexibility index (Phi) is 7.17. The number of nitrogens with one attached hydrogen (secondary N) is 2. The van der Waals surface area contributed by atoms with E-state index in [2.05, 4.69) is 26.6 Å². The number of amides is 1. The minimum absolute atomic E-state index is 0.00810. The minimum Gasteiger partial charge on any atom is -0.380 e. The van der Waals surface area contributed by atoms with Crippen LogP contribution in [0, 0.1) is 25.2 Å². The van der Waals surface area contributed by atoms with Gasteiger partial charge in [-0.15, -0.1) is 0 Å². The third-order valence-electron chi connectivity index (χ3n) is 4.89. The number of aryl methyl sites for hydroxylation is 2. The molecule has 1 saturated heterocycles. The molecule has 0 unspecified atom stereocenters. The number of benzene rings is 1. The molecule has 0 radical (unpaired) electrons. The number of hydrogen-bond acceptors (Lipinski definition) is 6. The van der Waals surface area contributed by atoms with Crippen LogP contribution in [0.1, 0.15) is 28.9 Å².